The number of nitrogens with one attached hydrogen (secondary N) is 2. The van der Waals surface area contributed by atoms with Crippen LogP contribution in [-0.4, -0.2) is 33.7 Å². The Labute approximate surface area is 93.2 Å². The third-order valence-corrected chi connectivity index (χ3v) is 3.90. The van der Waals surface area contributed by atoms with E-state index < -0.39 is 0 Å². The summed E-state index contributed by atoms with van der Waals surface area (Å²) in [6.45, 7) is 3.87. The van der Waals surface area contributed by atoms with Crippen LogP contribution in [0.1, 0.15) is 17.0 Å². The lowest BCUT2D eigenvalue weighted by molar-refractivity contribution is -0.120. The van der Waals surface area contributed by atoms with Crippen molar-refractivity contribution in [3.05, 3.63) is 17.0 Å². The van der Waals surface area contributed by atoms with Gasteiger partial charge in [-0.05, 0) is 13.8 Å². The molecule has 2 rings (SSSR count). The third-order valence-electron chi connectivity index (χ3n) is 2.62. The van der Waals surface area contributed by atoms with Crippen LogP contribution in [0.25, 0.3) is 0 Å². The highest BCUT2D eigenvalue weighted by Gasteiger charge is 2.21. The Morgan fingerprint density at radius 1 is 1.60 bits per heavy atom. The van der Waals surface area contributed by atoms with Crippen molar-refractivity contribution in [2.75, 3.05) is 11.5 Å². The van der Waals surface area contributed by atoms with Gasteiger partial charge in [-0.3, -0.25) is 9.89 Å². The number of amides is 1. The molecule has 4 nitrogen and oxygen atoms in total. The van der Waals surface area contributed by atoms with Crippen molar-refractivity contribution in [1.82, 2.24) is 15.5 Å². The van der Waals surface area contributed by atoms with Crippen LogP contribution in [-0.2, 0) is 11.2 Å². The second-order valence-corrected chi connectivity index (χ2v) is 4.97. The molecule has 82 valence electrons. The number of hydrogen-bond donors (Lipinski definition) is 2. The standard InChI is InChI=1S/C10H15N3OS/c1-6-9(7(2)13-12-6)3-10(14)11-8-4-15-5-8/h8H,3-5H2,1-2H3,(H,11,14)(H,12,13). The van der Waals surface area contributed by atoms with Gasteiger partial charge in [0.25, 0.3) is 0 Å². The Kier molecular flexibility index (Phi) is 3.00. The fraction of sp³-hybridized carbons (Fsp3) is 0.600. The van der Waals surface area contributed by atoms with E-state index in [2.05, 4.69) is 15.5 Å². The first-order chi connectivity index (χ1) is 7.16. The molecule has 1 fully saturated rings. The second-order valence-electron chi connectivity index (χ2n) is 3.89. The van der Waals surface area contributed by atoms with Gasteiger partial charge in [-0.2, -0.15) is 16.9 Å². The van der Waals surface area contributed by atoms with Gasteiger partial charge in [0.05, 0.1) is 12.1 Å². The highest BCUT2D eigenvalue weighted by atomic mass is 32.2. The van der Waals surface area contributed by atoms with Gasteiger partial charge in [0.1, 0.15) is 0 Å². The molecule has 5 heteroatoms. The summed E-state index contributed by atoms with van der Waals surface area (Å²) in [4.78, 5) is 11.7. The molecule has 1 aromatic heterocycles. The molecular formula is C10H15N3OS. The zero-order chi connectivity index (χ0) is 10.8. The van der Waals surface area contributed by atoms with E-state index in [1.165, 1.54) is 0 Å². The molecule has 1 aromatic rings. The van der Waals surface area contributed by atoms with Gasteiger partial charge in [-0.15, -0.1) is 0 Å². The van der Waals surface area contributed by atoms with E-state index in [0.717, 1.165) is 28.5 Å². The van der Waals surface area contributed by atoms with Crippen molar-refractivity contribution in [2.24, 2.45) is 0 Å². The minimum absolute atomic E-state index is 0.105. The molecule has 1 aliphatic rings. The van der Waals surface area contributed by atoms with Gasteiger partial charge < -0.3 is 5.32 Å². The second kappa shape index (κ2) is 4.26. The first-order valence-electron chi connectivity index (χ1n) is 5.04. The molecular weight excluding hydrogens is 210 g/mol. The number of carbonyl (C=O) groups excluding carboxylic acids is 1. The summed E-state index contributed by atoms with van der Waals surface area (Å²) in [5.41, 5.74) is 2.94. The molecule has 1 aliphatic heterocycles. The van der Waals surface area contributed by atoms with Crippen LogP contribution in [0.3, 0.4) is 0 Å². The minimum atomic E-state index is 0.105. The Hall–Kier alpha value is -0.970. The molecule has 0 bridgehead atoms. The topological polar surface area (TPSA) is 57.8 Å². The first kappa shape index (κ1) is 10.5. The molecule has 0 saturated carbocycles. The van der Waals surface area contributed by atoms with Gasteiger partial charge in [-0.1, -0.05) is 0 Å². The van der Waals surface area contributed by atoms with E-state index in [4.69, 9.17) is 0 Å². The van der Waals surface area contributed by atoms with Gasteiger partial charge in [0.15, 0.2) is 0 Å². The number of aromatic nitrogens is 2. The van der Waals surface area contributed by atoms with Crippen molar-refractivity contribution in [1.29, 1.82) is 0 Å². The predicted molar refractivity (Wildman–Crippen MR) is 61.0 cm³/mol. The van der Waals surface area contributed by atoms with E-state index >= 15 is 0 Å². The number of aromatic amines is 1. The van der Waals surface area contributed by atoms with Gasteiger partial charge in [-0.25, -0.2) is 0 Å². The summed E-state index contributed by atoms with van der Waals surface area (Å²) >= 11 is 1.87. The van der Waals surface area contributed by atoms with E-state index in [-0.39, 0.29) is 5.91 Å². The first-order valence-corrected chi connectivity index (χ1v) is 6.20. The summed E-state index contributed by atoms with van der Waals surface area (Å²) in [6, 6.07) is 0.384. The predicted octanol–water partition coefficient (Wildman–Crippen LogP) is 0.801. The van der Waals surface area contributed by atoms with Crippen molar-refractivity contribution in [3.8, 4) is 0 Å². The summed E-state index contributed by atoms with van der Waals surface area (Å²) in [5.74, 6) is 2.21. The average Bonchev–Trinajstić information content (AvgIpc) is 2.43. The van der Waals surface area contributed by atoms with Gasteiger partial charge >= 0.3 is 0 Å². The molecule has 2 heterocycles. The van der Waals surface area contributed by atoms with Crippen LogP contribution in [0.2, 0.25) is 0 Å². The summed E-state index contributed by atoms with van der Waals surface area (Å²) < 4.78 is 0. The maximum absolute atomic E-state index is 11.7. The molecule has 0 unspecified atom stereocenters. The highest BCUT2D eigenvalue weighted by Crippen LogP contribution is 2.17. The van der Waals surface area contributed by atoms with Gasteiger partial charge in [0, 0.05) is 28.8 Å². The lowest BCUT2D eigenvalue weighted by atomic mass is 10.1. The maximum Gasteiger partial charge on any atom is 0.224 e. The minimum Gasteiger partial charge on any atom is -0.351 e. The number of rotatable bonds is 3. The molecule has 0 spiro atoms. The summed E-state index contributed by atoms with van der Waals surface area (Å²) in [5, 5.41) is 9.97. The normalized spacial score (nSPS) is 16.1. The molecule has 0 atom stereocenters. The number of hydrogen-bond acceptors (Lipinski definition) is 3. The Balaban J connectivity index is 1.93. The number of nitrogens with zero attached hydrogens (tertiary/aromatic N) is 1. The van der Waals surface area contributed by atoms with E-state index in [1.807, 2.05) is 25.6 Å². The zero-order valence-corrected chi connectivity index (χ0v) is 9.78. The van der Waals surface area contributed by atoms with Crippen LogP contribution in [0.5, 0.6) is 0 Å². The van der Waals surface area contributed by atoms with Crippen molar-refractivity contribution >= 4 is 17.7 Å². The zero-order valence-electron chi connectivity index (χ0n) is 8.96. The third kappa shape index (κ3) is 2.34. The molecule has 15 heavy (non-hydrogen) atoms. The Morgan fingerprint density at radius 3 is 2.80 bits per heavy atom. The number of aryl methyl sites for hydroxylation is 2. The maximum atomic E-state index is 11.7. The van der Waals surface area contributed by atoms with Crippen LogP contribution in [0.4, 0.5) is 0 Å². The SMILES string of the molecule is Cc1n[nH]c(C)c1CC(=O)NC1CSC1. The number of thioether (sulfide) groups is 1. The Morgan fingerprint density at radius 2 is 2.33 bits per heavy atom. The summed E-state index contributed by atoms with van der Waals surface area (Å²) in [6.07, 6.45) is 0.440. The molecule has 1 amide bonds. The lowest BCUT2D eigenvalue weighted by Gasteiger charge is -2.25. The molecule has 1 saturated heterocycles. The smallest absolute Gasteiger partial charge is 0.224 e. The quantitative estimate of drug-likeness (QED) is 0.800. The van der Waals surface area contributed by atoms with E-state index in [1.54, 1.807) is 0 Å². The van der Waals surface area contributed by atoms with Crippen LogP contribution < -0.4 is 5.32 Å². The van der Waals surface area contributed by atoms with Crippen molar-refractivity contribution in [2.45, 2.75) is 26.3 Å². The van der Waals surface area contributed by atoms with Gasteiger partial charge in [0.2, 0.25) is 5.91 Å². The largest absolute Gasteiger partial charge is 0.351 e. The molecule has 0 aromatic carbocycles. The lowest BCUT2D eigenvalue weighted by Crippen LogP contribution is -2.44. The number of carbonyl (C=O) groups is 1. The molecule has 0 radical (unpaired) electrons. The van der Waals surface area contributed by atoms with E-state index in [0.29, 0.717) is 12.5 Å². The van der Waals surface area contributed by atoms with Crippen LogP contribution >= 0.6 is 11.8 Å². The summed E-state index contributed by atoms with van der Waals surface area (Å²) in [7, 11) is 0. The van der Waals surface area contributed by atoms with Crippen molar-refractivity contribution in [3.63, 3.8) is 0 Å². The molecule has 2 N–H and O–H groups in total. The van der Waals surface area contributed by atoms with E-state index in [9.17, 15) is 4.79 Å². The fourth-order valence-electron chi connectivity index (χ4n) is 1.59. The van der Waals surface area contributed by atoms with Crippen molar-refractivity contribution < 1.29 is 4.79 Å². The highest BCUT2D eigenvalue weighted by molar-refractivity contribution is 8.00. The fourth-order valence-corrected chi connectivity index (χ4v) is 2.23. The monoisotopic (exact) mass is 225 g/mol. The molecule has 0 aliphatic carbocycles. The Bertz CT molecular complexity index is 351. The average molecular weight is 225 g/mol. The van der Waals surface area contributed by atoms with Crippen LogP contribution in [0.15, 0.2) is 0 Å². The van der Waals surface area contributed by atoms with Crippen LogP contribution in [0, 0.1) is 13.8 Å². The number of H-pyrrole nitrogens is 1.